The number of nitrogens with one attached hydrogen (secondary N) is 1. The first kappa shape index (κ1) is 26.9. The van der Waals surface area contributed by atoms with Crippen molar-refractivity contribution in [1.29, 1.82) is 0 Å². The summed E-state index contributed by atoms with van der Waals surface area (Å²) in [7, 11) is 0. The van der Waals surface area contributed by atoms with Crippen LogP contribution in [-0.4, -0.2) is 38.6 Å². The van der Waals surface area contributed by atoms with Crippen molar-refractivity contribution in [2.45, 2.75) is 44.4 Å². The molecule has 0 saturated heterocycles. The molecular weight excluding hydrogens is 501 g/mol. The van der Waals surface area contributed by atoms with Crippen LogP contribution < -0.4 is 10.9 Å². The van der Waals surface area contributed by atoms with Crippen molar-refractivity contribution >= 4 is 17.4 Å². The average Bonchev–Trinajstić information content (AvgIpc) is 3.27. The summed E-state index contributed by atoms with van der Waals surface area (Å²) in [5.41, 5.74) is -0.595. The first-order valence-corrected chi connectivity index (χ1v) is 12.0. The molecule has 1 amide bonds. The Balaban J connectivity index is 1.69. The van der Waals surface area contributed by atoms with Crippen molar-refractivity contribution in [2.24, 2.45) is 0 Å². The quantitative estimate of drug-likeness (QED) is 0.237. The van der Waals surface area contributed by atoms with E-state index in [4.69, 9.17) is 0 Å². The van der Waals surface area contributed by atoms with Gasteiger partial charge in [0, 0.05) is 30.3 Å². The van der Waals surface area contributed by atoms with Crippen LogP contribution in [0, 0.1) is 17.5 Å². The van der Waals surface area contributed by atoms with E-state index in [2.05, 4.69) is 5.32 Å². The second kappa shape index (κ2) is 11.5. The number of ketones is 1. The maximum absolute atomic E-state index is 14.3. The van der Waals surface area contributed by atoms with Crippen molar-refractivity contribution in [3.8, 4) is 0 Å². The van der Waals surface area contributed by atoms with Gasteiger partial charge in [0.1, 0.15) is 23.2 Å². The summed E-state index contributed by atoms with van der Waals surface area (Å²) in [6.07, 6.45) is 2.72. The van der Waals surface area contributed by atoms with Crippen molar-refractivity contribution in [3.05, 3.63) is 111 Å². The van der Waals surface area contributed by atoms with Gasteiger partial charge in [-0.25, -0.2) is 13.2 Å². The van der Waals surface area contributed by atoms with Crippen LogP contribution in [0.5, 0.6) is 0 Å². The second-order valence-electron chi connectivity index (χ2n) is 9.17. The monoisotopic (exact) mass is 526 g/mol. The van der Waals surface area contributed by atoms with E-state index in [-0.39, 0.29) is 29.7 Å². The van der Waals surface area contributed by atoms with Gasteiger partial charge in [0.15, 0.2) is 0 Å². The molecule has 1 aliphatic carbocycles. The number of aromatic nitrogens is 1. The summed E-state index contributed by atoms with van der Waals surface area (Å²) in [5, 5.41) is 22.9. The fraction of sp³-hybridized carbons (Fsp3) is 0.250. The van der Waals surface area contributed by atoms with E-state index in [9.17, 15) is 37.8 Å². The Kier molecular flexibility index (Phi) is 8.11. The molecule has 0 aliphatic heterocycles. The largest absolute Gasteiger partial charge is 0.507 e. The molecule has 2 atom stereocenters. The smallest absolute Gasteiger partial charge is 0.292 e. The number of benzene rings is 2. The van der Waals surface area contributed by atoms with Gasteiger partial charge in [0.25, 0.3) is 11.5 Å². The van der Waals surface area contributed by atoms with Crippen LogP contribution in [0.2, 0.25) is 0 Å². The molecule has 3 aromatic rings. The first-order chi connectivity index (χ1) is 18.1. The molecule has 0 radical (unpaired) electrons. The second-order valence-corrected chi connectivity index (χ2v) is 9.17. The number of nitrogens with zero attached hydrogens (tertiary/aromatic N) is 1. The molecule has 1 heterocycles. The lowest BCUT2D eigenvalue weighted by Gasteiger charge is -2.15. The Bertz CT molecular complexity index is 1470. The predicted octanol–water partition coefficient (Wildman–Crippen LogP) is 3.40. The number of carbonyl (C=O) groups excluding carboxylic acids is 2. The molecule has 4 rings (SSSR count). The van der Waals surface area contributed by atoms with Crippen LogP contribution in [0.3, 0.4) is 0 Å². The van der Waals surface area contributed by atoms with Gasteiger partial charge in [-0.3, -0.25) is 14.4 Å². The number of rotatable bonds is 8. The summed E-state index contributed by atoms with van der Waals surface area (Å²) in [4.78, 5) is 37.9. The molecule has 1 saturated carbocycles. The van der Waals surface area contributed by atoms with Crippen LogP contribution in [0.25, 0.3) is 5.76 Å². The molecule has 0 spiro atoms. The van der Waals surface area contributed by atoms with E-state index < -0.39 is 52.6 Å². The number of halogens is 3. The Hall–Kier alpha value is -4.18. The Morgan fingerprint density at radius 3 is 2.47 bits per heavy atom. The number of carbonyl (C=O) groups is 2. The lowest BCUT2D eigenvalue weighted by atomic mass is 10.0. The highest BCUT2D eigenvalue weighted by Crippen LogP contribution is 2.20. The Morgan fingerprint density at radius 1 is 1.03 bits per heavy atom. The third kappa shape index (κ3) is 6.20. The van der Waals surface area contributed by atoms with Gasteiger partial charge in [-0.05, 0) is 48.6 Å². The zero-order valence-corrected chi connectivity index (χ0v) is 20.2. The average molecular weight is 527 g/mol. The van der Waals surface area contributed by atoms with E-state index in [1.807, 2.05) is 0 Å². The molecular formula is C28H25F3N2O5. The molecule has 2 aromatic carbocycles. The molecule has 3 N–H and O–H groups in total. The summed E-state index contributed by atoms with van der Waals surface area (Å²) in [6, 6.07) is 9.40. The zero-order valence-electron chi connectivity index (χ0n) is 20.2. The number of aliphatic hydroxyl groups excluding tert-OH is 2. The minimum atomic E-state index is -1.14. The van der Waals surface area contributed by atoms with E-state index in [1.165, 1.54) is 36.5 Å². The summed E-state index contributed by atoms with van der Waals surface area (Å²) in [5.74, 6) is -5.17. The molecule has 0 bridgehead atoms. The van der Waals surface area contributed by atoms with E-state index in [1.54, 1.807) is 6.07 Å². The number of pyridine rings is 1. The molecule has 7 nitrogen and oxygen atoms in total. The normalized spacial score (nSPS) is 17.4. The maximum Gasteiger partial charge on any atom is 0.292 e. The minimum absolute atomic E-state index is 0.0995. The van der Waals surface area contributed by atoms with E-state index in [0.29, 0.717) is 37.0 Å². The van der Waals surface area contributed by atoms with Crippen molar-refractivity contribution < 1.29 is 33.0 Å². The minimum Gasteiger partial charge on any atom is -0.507 e. The van der Waals surface area contributed by atoms with Gasteiger partial charge >= 0.3 is 0 Å². The highest BCUT2D eigenvalue weighted by molar-refractivity contribution is 6.41. The Morgan fingerprint density at radius 2 is 1.79 bits per heavy atom. The van der Waals surface area contributed by atoms with Gasteiger partial charge in [-0.2, -0.15) is 0 Å². The third-order valence-corrected chi connectivity index (χ3v) is 6.41. The van der Waals surface area contributed by atoms with Crippen LogP contribution in [0.4, 0.5) is 13.2 Å². The summed E-state index contributed by atoms with van der Waals surface area (Å²) < 4.78 is 43.0. The maximum atomic E-state index is 14.3. The highest BCUT2D eigenvalue weighted by Gasteiger charge is 2.28. The van der Waals surface area contributed by atoms with Gasteiger partial charge in [0.05, 0.1) is 24.3 Å². The summed E-state index contributed by atoms with van der Waals surface area (Å²) in [6.45, 7) is -0.237. The topological polar surface area (TPSA) is 109 Å². The van der Waals surface area contributed by atoms with E-state index >= 15 is 0 Å². The number of hydrogen-bond acceptors (Lipinski definition) is 5. The van der Waals surface area contributed by atoms with Crippen LogP contribution in [-0.2, 0) is 22.6 Å². The highest BCUT2D eigenvalue weighted by atomic mass is 19.1. The molecule has 10 heteroatoms. The van der Waals surface area contributed by atoms with Gasteiger partial charge < -0.3 is 20.1 Å². The fourth-order valence-electron chi connectivity index (χ4n) is 4.41. The molecule has 38 heavy (non-hydrogen) atoms. The van der Waals surface area contributed by atoms with Gasteiger partial charge in [0.2, 0.25) is 5.78 Å². The molecule has 1 fully saturated rings. The van der Waals surface area contributed by atoms with Gasteiger partial charge in [-0.1, -0.05) is 24.3 Å². The van der Waals surface area contributed by atoms with Crippen molar-refractivity contribution in [1.82, 2.24) is 9.88 Å². The number of aliphatic hydroxyl groups is 2. The van der Waals surface area contributed by atoms with Crippen molar-refractivity contribution in [3.63, 3.8) is 0 Å². The fourth-order valence-corrected chi connectivity index (χ4v) is 4.41. The lowest BCUT2D eigenvalue weighted by Crippen LogP contribution is -2.42. The number of amides is 1. The Labute approximate surface area is 215 Å². The SMILES string of the molecule is O=C(/C=C(\O)c1cc(Cc2ccc(F)cc2F)cn(Cc2ccccc2F)c1=O)C(=O)N[C@@H]1CCC[C@H]1O. The molecule has 1 aromatic heterocycles. The molecule has 198 valence electrons. The zero-order chi connectivity index (χ0) is 27.4. The third-order valence-electron chi connectivity index (χ3n) is 6.41. The predicted molar refractivity (Wildman–Crippen MR) is 133 cm³/mol. The molecule has 1 aliphatic rings. The first-order valence-electron chi connectivity index (χ1n) is 12.0. The van der Waals surface area contributed by atoms with Crippen LogP contribution >= 0.6 is 0 Å². The lowest BCUT2D eigenvalue weighted by molar-refractivity contribution is -0.136. The van der Waals surface area contributed by atoms with Gasteiger partial charge in [-0.15, -0.1) is 0 Å². The molecule has 0 unspecified atom stereocenters. The summed E-state index contributed by atoms with van der Waals surface area (Å²) >= 11 is 0. The number of hydrogen-bond donors (Lipinski definition) is 3. The van der Waals surface area contributed by atoms with E-state index in [0.717, 1.165) is 10.6 Å². The van der Waals surface area contributed by atoms with Crippen LogP contribution in [0.1, 0.15) is 41.5 Å². The van der Waals surface area contributed by atoms with Crippen molar-refractivity contribution in [2.75, 3.05) is 0 Å². The van der Waals surface area contributed by atoms with Crippen LogP contribution in [0.15, 0.2) is 65.6 Å². The standard InChI is InChI=1S/C28H25F3N2O5/c29-19-9-8-17(22(31)12-19)10-16-11-20(28(38)33(14-16)15-18-4-1-2-5-21(18)30)25(35)13-26(36)27(37)32-23-6-3-7-24(23)34/h1-2,4-5,8-9,11-14,23-24,34-35H,3,6-7,10,15H2,(H,32,37)/b25-13-/t23-,24-/m1/s1.